The molecule has 1 aromatic carbocycles. The fourth-order valence-corrected chi connectivity index (χ4v) is 5.96. The van der Waals surface area contributed by atoms with Gasteiger partial charge < -0.3 is 34.7 Å². The van der Waals surface area contributed by atoms with Crippen LogP contribution in [0.25, 0.3) is 0 Å². The molecule has 17 heteroatoms. The fraction of sp³-hybridized carbons (Fsp3) is 0.615. The molecule has 312 valence electrons. The van der Waals surface area contributed by atoms with Crippen molar-refractivity contribution in [2.24, 2.45) is 16.6 Å². The van der Waals surface area contributed by atoms with Gasteiger partial charge in [0.05, 0.1) is 50.5 Å². The molecule has 0 saturated heterocycles. The number of aliphatic imine (C=N–C) groups is 1. The molecule has 2 aromatic rings. The number of nitrogens with zero attached hydrogens (tertiary/aromatic N) is 4. The van der Waals surface area contributed by atoms with E-state index in [2.05, 4.69) is 15.0 Å². The van der Waals surface area contributed by atoms with Crippen LogP contribution < -0.4 is 19.9 Å². The van der Waals surface area contributed by atoms with Gasteiger partial charge in [0, 0.05) is 18.8 Å². The molecule has 1 amide bonds. The van der Waals surface area contributed by atoms with Crippen LogP contribution in [0.3, 0.4) is 0 Å². The molecule has 1 saturated carbocycles. The van der Waals surface area contributed by atoms with Gasteiger partial charge in [0.25, 0.3) is 5.91 Å². The van der Waals surface area contributed by atoms with Crippen molar-refractivity contribution < 1.29 is 55.6 Å². The molecule has 1 atom stereocenters. The summed E-state index contributed by atoms with van der Waals surface area (Å²) in [6.45, 7) is 6.86. The van der Waals surface area contributed by atoms with Crippen molar-refractivity contribution in [1.29, 1.82) is 0 Å². The van der Waals surface area contributed by atoms with Crippen molar-refractivity contribution in [3.8, 4) is 17.8 Å². The molecular weight excluding hydrogens is 745 g/mol. The molecule has 1 unspecified atom stereocenters. The lowest BCUT2D eigenvalue weighted by molar-refractivity contribution is -0.149. The number of carbonyl (C=O) groups is 2. The Morgan fingerprint density at radius 2 is 1.45 bits per heavy atom. The first kappa shape index (κ1) is 45.8. The van der Waals surface area contributed by atoms with Gasteiger partial charge in [-0.05, 0) is 69.6 Å². The van der Waals surface area contributed by atoms with Crippen LogP contribution in [0.2, 0.25) is 0 Å². The van der Waals surface area contributed by atoms with E-state index in [9.17, 15) is 36.6 Å². The third kappa shape index (κ3) is 13.9. The van der Waals surface area contributed by atoms with Crippen molar-refractivity contribution >= 4 is 17.6 Å². The number of rotatable bonds is 22. The molecule has 1 fully saturated rings. The predicted octanol–water partition coefficient (Wildman–Crippen LogP) is 7.32. The first-order valence-electron chi connectivity index (χ1n) is 19.2. The van der Waals surface area contributed by atoms with E-state index in [4.69, 9.17) is 24.7 Å². The molecule has 0 bridgehead atoms. The highest BCUT2D eigenvalue weighted by Crippen LogP contribution is 2.36. The van der Waals surface area contributed by atoms with E-state index in [0.29, 0.717) is 31.5 Å². The minimum Gasteiger partial charge on any atom is -0.477 e. The Bertz CT molecular complexity index is 1580. The number of hydrogen-bond acceptors (Lipinski definition) is 11. The summed E-state index contributed by atoms with van der Waals surface area (Å²) in [5, 5.41) is 11.9. The van der Waals surface area contributed by atoms with E-state index < -0.39 is 72.1 Å². The maximum atomic E-state index is 14.8. The number of ether oxygens (including phenoxy) is 4. The number of halogens is 5. The summed E-state index contributed by atoms with van der Waals surface area (Å²) in [5.41, 5.74) is 2.88. The number of aliphatic hydroxyl groups excluding tert-OH is 1. The van der Waals surface area contributed by atoms with Crippen LogP contribution in [-0.2, 0) is 20.9 Å². The van der Waals surface area contributed by atoms with Gasteiger partial charge in [-0.3, -0.25) is 14.6 Å². The number of amides is 1. The maximum absolute atomic E-state index is 14.8. The third-order valence-corrected chi connectivity index (χ3v) is 8.92. The number of alkyl halides is 3. The quantitative estimate of drug-likeness (QED) is 0.0407. The number of aliphatic hydroxyl groups is 1. The largest absolute Gasteiger partial charge is 0.477 e. The van der Waals surface area contributed by atoms with Gasteiger partial charge in [-0.2, -0.15) is 23.1 Å². The SMILES string of the molecule is CCCCOc1nc(OCCCC)c(C(O)CN(Cc2cc(F)cc(F)c2)C(=O)C(=CN)C(=NC2CCC(C(=O)OCC)CC2)C(F)(F)F)c(OCCCC)n1. The first-order valence-corrected chi connectivity index (χ1v) is 19.2. The lowest BCUT2D eigenvalue weighted by atomic mass is 9.86. The van der Waals surface area contributed by atoms with Crippen LogP contribution >= 0.6 is 0 Å². The molecule has 12 nitrogen and oxygen atoms in total. The number of esters is 1. The molecule has 3 N–H and O–H groups in total. The Kier molecular flexibility index (Phi) is 18.7. The van der Waals surface area contributed by atoms with Crippen LogP contribution in [0.5, 0.6) is 17.8 Å². The van der Waals surface area contributed by atoms with E-state index in [0.717, 1.165) is 36.3 Å². The zero-order chi connectivity index (χ0) is 41.3. The summed E-state index contributed by atoms with van der Waals surface area (Å²) in [7, 11) is 0. The van der Waals surface area contributed by atoms with Crippen molar-refractivity contribution in [1.82, 2.24) is 14.9 Å². The molecule has 1 aromatic heterocycles. The summed E-state index contributed by atoms with van der Waals surface area (Å²) in [6.07, 6.45) is -1.57. The average molecular weight is 800 g/mol. The Labute approximate surface area is 324 Å². The smallest absolute Gasteiger partial charge is 0.433 e. The maximum Gasteiger partial charge on any atom is 0.433 e. The lowest BCUT2D eigenvalue weighted by Gasteiger charge is -2.29. The number of hydrogen-bond donors (Lipinski definition) is 2. The second-order valence-electron chi connectivity index (χ2n) is 13.4. The minimum atomic E-state index is -5.17. The number of benzene rings is 1. The molecule has 0 aliphatic heterocycles. The normalized spacial score (nSPS) is 17.0. The van der Waals surface area contributed by atoms with Gasteiger partial charge in [-0.1, -0.05) is 40.0 Å². The summed E-state index contributed by atoms with van der Waals surface area (Å²) < 4.78 is 95.7. The second kappa shape index (κ2) is 22.9. The van der Waals surface area contributed by atoms with Gasteiger partial charge >= 0.3 is 18.2 Å². The molecule has 1 heterocycles. The Balaban J connectivity index is 2.10. The van der Waals surface area contributed by atoms with Crippen LogP contribution in [0.1, 0.15) is 109 Å². The predicted molar refractivity (Wildman–Crippen MR) is 198 cm³/mol. The van der Waals surface area contributed by atoms with E-state index >= 15 is 0 Å². The van der Waals surface area contributed by atoms with Gasteiger partial charge in [0.15, 0.2) is 5.71 Å². The van der Waals surface area contributed by atoms with E-state index in [-0.39, 0.29) is 81.0 Å². The number of unbranched alkanes of at least 4 members (excludes halogenated alkanes) is 3. The van der Waals surface area contributed by atoms with E-state index in [1.165, 1.54) is 0 Å². The fourth-order valence-electron chi connectivity index (χ4n) is 5.96. The zero-order valence-electron chi connectivity index (χ0n) is 32.5. The highest BCUT2D eigenvalue weighted by molar-refractivity contribution is 6.23. The second-order valence-corrected chi connectivity index (χ2v) is 13.4. The average Bonchev–Trinajstić information content (AvgIpc) is 3.14. The van der Waals surface area contributed by atoms with Crippen LogP contribution in [0.15, 0.2) is 35.0 Å². The van der Waals surface area contributed by atoms with Crippen molar-refractivity contribution in [2.45, 2.75) is 117 Å². The lowest BCUT2D eigenvalue weighted by Crippen LogP contribution is -2.41. The standard InChI is InChI=1S/C39H54F5N5O7/c1-5-9-16-54-34-32(35(55-17-10-6-2)48-38(47-34)56-18-11-7-3)31(50)24-49(23-25-19-27(40)21-28(41)20-25)36(51)30(22-45)33(39(42,43)44)46-29-14-12-26(13-15-29)37(52)53-8-4/h19-22,26,29,31,50H,5-18,23-24,45H2,1-4H3. The summed E-state index contributed by atoms with van der Waals surface area (Å²) in [4.78, 5) is 39.9. The third-order valence-electron chi connectivity index (χ3n) is 8.92. The van der Waals surface area contributed by atoms with Gasteiger partial charge in [-0.15, -0.1) is 0 Å². The van der Waals surface area contributed by atoms with Gasteiger partial charge in [0.2, 0.25) is 11.8 Å². The molecule has 0 radical (unpaired) electrons. The van der Waals surface area contributed by atoms with E-state index in [1.807, 2.05) is 20.8 Å². The highest BCUT2D eigenvalue weighted by atomic mass is 19.4. The molecular formula is C39H54F5N5O7. The number of carbonyl (C=O) groups excluding carboxylic acids is 2. The Morgan fingerprint density at radius 1 is 0.911 bits per heavy atom. The number of nitrogens with two attached hydrogens (primary N) is 1. The molecule has 1 aliphatic rings. The molecule has 1 aliphatic carbocycles. The summed E-state index contributed by atoms with van der Waals surface area (Å²) in [5.74, 6) is -4.52. The topological polar surface area (TPSA) is 159 Å². The Hall–Kier alpha value is -4.54. The van der Waals surface area contributed by atoms with Gasteiger partial charge in [-0.25, -0.2) is 8.78 Å². The van der Waals surface area contributed by atoms with Crippen LogP contribution in [0.4, 0.5) is 22.0 Å². The Morgan fingerprint density at radius 3 is 1.93 bits per heavy atom. The molecule has 3 rings (SSSR count). The molecule has 0 spiro atoms. The van der Waals surface area contributed by atoms with Gasteiger partial charge in [0.1, 0.15) is 23.3 Å². The first-order chi connectivity index (χ1) is 26.8. The summed E-state index contributed by atoms with van der Waals surface area (Å²) in [6, 6.07) is 1.42. The van der Waals surface area contributed by atoms with Crippen LogP contribution in [0, 0.1) is 17.6 Å². The number of aromatic nitrogens is 2. The highest BCUT2D eigenvalue weighted by Gasteiger charge is 2.43. The van der Waals surface area contributed by atoms with Crippen molar-refractivity contribution in [2.75, 3.05) is 33.0 Å². The minimum absolute atomic E-state index is 0.0914. The van der Waals surface area contributed by atoms with E-state index in [1.54, 1.807) is 6.92 Å². The molecule has 56 heavy (non-hydrogen) atoms. The van der Waals surface area contributed by atoms with Crippen molar-refractivity contribution in [3.05, 3.63) is 52.7 Å². The van der Waals surface area contributed by atoms with Crippen LogP contribution in [-0.4, -0.2) is 82.8 Å². The summed E-state index contributed by atoms with van der Waals surface area (Å²) >= 11 is 0. The monoisotopic (exact) mass is 799 g/mol. The van der Waals surface area contributed by atoms with Crippen molar-refractivity contribution in [3.63, 3.8) is 0 Å². The zero-order valence-corrected chi connectivity index (χ0v) is 32.5.